The number of halogens is 1. The maximum absolute atomic E-state index is 11.3. The number of amides is 1. The summed E-state index contributed by atoms with van der Waals surface area (Å²) in [7, 11) is 1.57. The third-order valence-corrected chi connectivity index (χ3v) is 2.79. The fraction of sp³-hybridized carbons (Fsp3) is 0.462. The lowest BCUT2D eigenvalue weighted by molar-refractivity contribution is -0.126. The van der Waals surface area contributed by atoms with Crippen LogP contribution in [0.15, 0.2) is 18.2 Å². The van der Waals surface area contributed by atoms with Crippen LogP contribution in [-0.2, 0) is 11.3 Å². The van der Waals surface area contributed by atoms with Crippen molar-refractivity contribution in [1.29, 1.82) is 0 Å². The predicted octanol–water partition coefficient (Wildman–Crippen LogP) is 1.96. The van der Waals surface area contributed by atoms with Crippen molar-refractivity contribution in [2.75, 3.05) is 13.6 Å². The molecule has 1 aromatic carbocycles. The molecule has 0 fully saturated rings. The first kappa shape index (κ1) is 14.8. The molecule has 1 unspecified atom stereocenters. The van der Waals surface area contributed by atoms with Gasteiger partial charge in [-0.25, -0.2) is 0 Å². The van der Waals surface area contributed by atoms with Gasteiger partial charge in [-0.05, 0) is 31.2 Å². The van der Waals surface area contributed by atoms with Gasteiger partial charge in [-0.15, -0.1) is 0 Å². The summed E-state index contributed by atoms with van der Waals surface area (Å²) in [6.45, 7) is 5.40. The van der Waals surface area contributed by atoms with Crippen LogP contribution in [0.1, 0.15) is 19.4 Å². The fourth-order valence-corrected chi connectivity index (χ4v) is 1.71. The van der Waals surface area contributed by atoms with Crippen LogP contribution in [0.4, 0.5) is 0 Å². The summed E-state index contributed by atoms with van der Waals surface area (Å²) in [5.74, 6) is 0.343. The molecule has 0 heterocycles. The Kier molecular flexibility index (Phi) is 5.95. The molecule has 0 aliphatic carbocycles. The van der Waals surface area contributed by atoms with Crippen LogP contribution in [0, 0.1) is 0 Å². The lowest BCUT2D eigenvalue weighted by Gasteiger charge is -2.15. The Bertz CT molecular complexity index is 410. The van der Waals surface area contributed by atoms with Crippen molar-refractivity contribution in [2.45, 2.75) is 26.5 Å². The van der Waals surface area contributed by atoms with Crippen LogP contribution in [-0.4, -0.2) is 25.6 Å². The maximum Gasteiger partial charge on any atom is 0.260 e. The summed E-state index contributed by atoms with van der Waals surface area (Å²) >= 11 is 6.12. The van der Waals surface area contributed by atoms with Crippen LogP contribution in [0.5, 0.6) is 5.75 Å². The highest BCUT2D eigenvalue weighted by molar-refractivity contribution is 6.32. The molecule has 5 heteroatoms. The molecule has 0 saturated heterocycles. The Labute approximate surface area is 113 Å². The molecule has 18 heavy (non-hydrogen) atoms. The van der Waals surface area contributed by atoms with Gasteiger partial charge in [0.15, 0.2) is 6.10 Å². The van der Waals surface area contributed by atoms with Gasteiger partial charge in [0.05, 0.1) is 5.02 Å². The highest BCUT2D eigenvalue weighted by atomic mass is 35.5. The number of benzene rings is 1. The molecule has 0 saturated carbocycles. The Morgan fingerprint density at radius 2 is 2.22 bits per heavy atom. The largest absolute Gasteiger partial charge is 0.479 e. The Balaban J connectivity index is 2.70. The maximum atomic E-state index is 11.3. The van der Waals surface area contributed by atoms with E-state index in [-0.39, 0.29) is 5.91 Å². The molecule has 0 spiro atoms. The van der Waals surface area contributed by atoms with Crippen LogP contribution in [0.3, 0.4) is 0 Å². The van der Waals surface area contributed by atoms with E-state index in [0.29, 0.717) is 10.8 Å². The Hall–Kier alpha value is -1.26. The minimum atomic E-state index is -0.563. The number of ether oxygens (including phenoxy) is 1. The Morgan fingerprint density at radius 3 is 2.78 bits per heavy atom. The number of likely N-dealkylation sites (N-methyl/N-ethyl adjacent to an activating group) is 1. The van der Waals surface area contributed by atoms with Crippen LogP contribution in [0.2, 0.25) is 5.02 Å². The molecule has 100 valence electrons. The standard InChI is InChI=1S/C13H19ClN2O2/c1-4-16-8-10-5-6-12(11(14)7-10)18-9(2)13(17)15-3/h5-7,9,16H,4,8H2,1-3H3,(H,15,17). The smallest absolute Gasteiger partial charge is 0.260 e. The normalized spacial score (nSPS) is 12.0. The fourth-order valence-electron chi connectivity index (χ4n) is 1.47. The molecule has 0 aliphatic rings. The lowest BCUT2D eigenvalue weighted by atomic mass is 10.2. The summed E-state index contributed by atoms with van der Waals surface area (Å²) in [5, 5.41) is 6.26. The van der Waals surface area contributed by atoms with Crippen molar-refractivity contribution in [1.82, 2.24) is 10.6 Å². The van der Waals surface area contributed by atoms with E-state index >= 15 is 0 Å². The van der Waals surface area contributed by atoms with E-state index in [1.807, 2.05) is 19.1 Å². The van der Waals surface area contributed by atoms with Gasteiger partial charge in [0.25, 0.3) is 5.91 Å². The van der Waals surface area contributed by atoms with E-state index in [1.165, 1.54) is 0 Å². The van der Waals surface area contributed by atoms with Crippen molar-refractivity contribution in [3.05, 3.63) is 28.8 Å². The topological polar surface area (TPSA) is 50.4 Å². The highest BCUT2D eigenvalue weighted by Crippen LogP contribution is 2.26. The number of hydrogen-bond donors (Lipinski definition) is 2. The molecule has 0 aromatic heterocycles. The summed E-state index contributed by atoms with van der Waals surface area (Å²) in [4.78, 5) is 11.3. The first-order valence-corrected chi connectivity index (χ1v) is 6.33. The highest BCUT2D eigenvalue weighted by Gasteiger charge is 2.14. The first-order chi connectivity index (χ1) is 8.58. The van der Waals surface area contributed by atoms with Crippen molar-refractivity contribution < 1.29 is 9.53 Å². The van der Waals surface area contributed by atoms with E-state index in [4.69, 9.17) is 16.3 Å². The Morgan fingerprint density at radius 1 is 1.50 bits per heavy atom. The third kappa shape index (κ3) is 4.20. The molecule has 1 aromatic rings. The second kappa shape index (κ2) is 7.24. The molecule has 1 atom stereocenters. The average Bonchev–Trinajstić information content (AvgIpc) is 2.38. The average molecular weight is 271 g/mol. The van der Waals surface area contributed by atoms with E-state index in [9.17, 15) is 4.79 Å². The predicted molar refractivity (Wildman–Crippen MR) is 73.0 cm³/mol. The molecule has 2 N–H and O–H groups in total. The van der Waals surface area contributed by atoms with Crippen LogP contribution < -0.4 is 15.4 Å². The van der Waals surface area contributed by atoms with Crippen molar-refractivity contribution in [3.63, 3.8) is 0 Å². The number of rotatable bonds is 6. The van der Waals surface area contributed by atoms with Gasteiger partial charge in [-0.3, -0.25) is 4.79 Å². The second-order valence-corrected chi connectivity index (χ2v) is 4.33. The van der Waals surface area contributed by atoms with Crippen LogP contribution in [0.25, 0.3) is 0 Å². The number of nitrogens with one attached hydrogen (secondary N) is 2. The molecule has 1 amide bonds. The minimum Gasteiger partial charge on any atom is -0.479 e. The third-order valence-electron chi connectivity index (χ3n) is 2.49. The molecular formula is C13H19ClN2O2. The van der Waals surface area contributed by atoms with E-state index in [0.717, 1.165) is 18.7 Å². The molecule has 1 rings (SSSR count). The van der Waals surface area contributed by atoms with E-state index in [1.54, 1.807) is 20.0 Å². The monoisotopic (exact) mass is 270 g/mol. The SMILES string of the molecule is CCNCc1ccc(OC(C)C(=O)NC)c(Cl)c1. The van der Waals surface area contributed by atoms with Gasteiger partial charge in [0, 0.05) is 13.6 Å². The van der Waals surface area contributed by atoms with Gasteiger partial charge in [0.2, 0.25) is 0 Å². The van der Waals surface area contributed by atoms with Crippen molar-refractivity contribution in [3.8, 4) is 5.75 Å². The molecule has 0 bridgehead atoms. The number of carbonyl (C=O) groups excluding carboxylic acids is 1. The van der Waals surface area contributed by atoms with E-state index < -0.39 is 6.10 Å². The van der Waals surface area contributed by atoms with Gasteiger partial charge in [0.1, 0.15) is 5.75 Å². The first-order valence-electron chi connectivity index (χ1n) is 5.95. The summed E-state index contributed by atoms with van der Waals surface area (Å²) in [6, 6.07) is 5.56. The van der Waals surface area contributed by atoms with Crippen molar-refractivity contribution >= 4 is 17.5 Å². The number of hydrogen-bond acceptors (Lipinski definition) is 3. The minimum absolute atomic E-state index is 0.178. The van der Waals surface area contributed by atoms with Gasteiger partial charge in [-0.2, -0.15) is 0 Å². The van der Waals surface area contributed by atoms with Crippen molar-refractivity contribution in [2.24, 2.45) is 0 Å². The van der Waals surface area contributed by atoms with Gasteiger partial charge >= 0.3 is 0 Å². The molecular weight excluding hydrogens is 252 g/mol. The lowest BCUT2D eigenvalue weighted by Crippen LogP contribution is -2.33. The number of carbonyl (C=O) groups is 1. The van der Waals surface area contributed by atoms with Crippen LogP contribution >= 0.6 is 11.6 Å². The summed E-state index contributed by atoms with van der Waals surface area (Å²) in [6.07, 6.45) is -0.563. The summed E-state index contributed by atoms with van der Waals surface area (Å²) < 4.78 is 5.49. The zero-order valence-corrected chi connectivity index (χ0v) is 11.7. The second-order valence-electron chi connectivity index (χ2n) is 3.92. The summed E-state index contributed by atoms with van der Waals surface area (Å²) in [5.41, 5.74) is 1.08. The quantitative estimate of drug-likeness (QED) is 0.831. The van der Waals surface area contributed by atoms with Gasteiger partial charge in [-0.1, -0.05) is 24.6 Å². The molecule has 0 aliphatic heterocycles. The van der Waals surface area contributed by atoms with Gasteiger partial charge < -0.3 is 15.4 Å². The zero-order valence-electron chi connectivity index (χ0n) is 10.9. The van der Waals surface area contributed by atoms with E-state index in [2.05, 4.69) is 10.6 Å². The molecule has 4 nitrogen and oxygen atoms in total. The zero-order chi connectivity index (χ0) is 13.5. The molecule has 0 radical (unpaired) electrons.